The van der Waals surface area contributed by atoms with E-state index in [9.17, 15) is 8.42 Å². The fourth-order valence-corrected chi connectivity index (χ4v) is 4.04. The lowest BCUT2D eigenvalue weighted by Gasteiger charge is -2.07. The van der Waals surface area contributed by atoms with Crippen molar-refractivity contribution in [3.8, 4) is 0 Å². The van der Waals surface area contributed by atoms with Gasteiger partial charge in [-0.05, 0) is 37.1 Å². The van der Waals surface area contributed by atoms with Gasteiger partial charge < -0.3 is 0 Å². The summed E-state index contributed by atoms with van der Waals surface area (Å²) in [5, 5.41) is 0. The molecule has 0 unspecified atom stereocenters. The molecule has 0 heterocycles. The second-order valence-electron chi connectivity index (χ2n) is 5.98. The summed E-state index contributed by atoms with van der Waals surface area (Å²) in [6.07, 6.45) is 0. The molecule has 4 heteroatoms. The van der Waals surface area contributed by atoms with Crippen molar-refractivity contribution in [2.75, 3.05) is 0 Å². The number of aliphatic imine (C=N–C) groups is 1. The number of hydrogen-bond acceptors (Lipinski definition) is 3. The van der Waals surface area contributed by atoms with E-state index in [1.54, 1.807) is 54.6 Å². The van der Waals surface area contributed by atoms with Crippen LogP contribution in [0.15, 0.2) is 88.8 Å². The predicted octanol–water partition coefficient (Wildman–Crippen LogP) is 5.12. The van der Waals surface area contributed by atoms with E-state index in [1.165, 1.54) is 0 Å². The average Bonchev–Trinajstić information content (AvgIpc) is 2.65. The van der Waals surface area contributed by atoms with Crippen LogP contribution >= 0.6 is 0 Å². The molecule has 0 aliphatic rings. The number of hydrogen-bond donors (Lipinski definition) is 0. The van der Waals surface area contributed by atoms with Gasteiger partial charge in [0.05, 0.1) is 10.6 Å². The predicted molar refractivity (Wildman–Crippen MR) is 106 cm³/mol. The van der Waals surface area contributed by atoms with Gasteiger partial charge in [-0.25, -0.2) is 13.4 Å². The smallest absolute Gasteiger partial charge is 0.216 e. The lowest BCUT2D eigenvalue weighted by Crippen LogP contribution is -2.04. The van der Waals surface area contributed by atoms with Gasteiger partial charge in [-0.1, -0.05) is 66.7 Å². The van der Waals surface area contributed by atoms with Gasteiger partial charge in [0.1, 0.15) is 4.91 Å². The maximum atomic E-state index is 13.2. The molecule has 0 N–H and O–H groups in total. The van der Waals surface area contributed by atoms with Crippen LogP contribution in [-0.2, 0) is 9.84 Å². The Balaban J connectivity index is 2.25. The van der Waals surface area contributed by atoms with Gasteiger partial charge >= 0.3 is 0 Å². The lowest BCUT2D eigenvalue weighted by atomic mass is 10.1. The maximum absolute atomic E-state index is 13.2. The van der Waals surface area contributed by atoms with Gasteiger partial charge in [0.15, 0.2) is 0 Å². The van der Waals surface area contributed by atoms with Crippen LogP contribution < -0.4 is 0 Å². The normalized spacial score (nSPS) is 10.8. The minimum Gasteiger partial charge on any atom is -0.218 e. The molecule has 130 valence electrons. The molecule has 0 amide bonds. The zero-order valence-electron chi connectivity index (χ0n) is 14.7. The van der Waals surface area contributed by atoms with Crippen LogP contribution in [0.1, 0.15) is 16.7 Å². The maximum Gasteiger partial charge on any atom is 0.216 e. The summed E-state index contributed by atoms with van der Waals surface area (Å²) in [6.45, 7) is 3.89. The summed E-state index contributed by atoms with van der Waals surface area (Å²) >= 11 is 0. The van der Waals surface area contributed by atoms with E-state index in [4.69, 9.17) is 0 Å². The summed E-state index contributed by atoms with van der Waals surface area (Å²) in [7, 11) is -3.74. The molecule has 3 aromatic carbocycles. The molecule has 0 radical (unpaired) electrons. The molecule has 0 bridgehead atoms. The fraction of sp³-hybridized carbons (Fsp3) is 0.0909. The molecule has 0 fully saturated rings. The van der Waals surface area contributed by atoms with Gasteiger partial charge in [0, 0.05) is 11.4 Å². The van der Waals surface area contributed by atoms with Crippen molar-refractivity contribution in [3.05, 3.63) is 95.6 Å². The van der Waals surface area contributed by atoms with Gasteiger partial charge in [0.2, 0.25) is 9.84 Å². The van der Waals surface area contributed by atoms with E-state index < -0.39 is 9.84 Å². The Morgan fingerprint density at radius 1 is 0.769 bits per heavy atom. The molecule has 0 aliphatic carbocycles. The molecule has 0 atom stereocenters. The Kier molecular flexibility index (Phi) is 5.17. The quantitative estimate of drug-likeness (QED) is 0.606. The molecule has 0 aliphatic heterocycles. The largest absolute Gasteiger partial charge is 0.218 e. The van der Waals surface area contributed by atoms with Gasteiger partial charge in [-0.2, -0.15) is 0 Å². The molecule has 3 aromatic rings. The van der Waals surface area contributed by atoms with E-state index in [0.29, 0.717) is 5.56 Å². The van der Waals surface area contributed by atoms with Crippen molar-refractivity contribution in [1.82, 2.24) is 0 Å². The van der Waals surface area contributed by atoms with Gasteiger partial charge in [0.25, 0.3) is 0 Å². The second kappa shape index (κ2) is 7.52. The third kappa shape index (κ3) is 3.67. The molecular formula is C22H19NO2S. The van der Waals surface area contributed by atoms with Crippen LogP contribution in [0, 0.1) is 13.8 Å². The zero-order valence-corrected chi connectivity index (χ0v) is 15.5. The highest BCUT2D eigenvalue weighted by molar-refractivity contribution is 8.01. The van der Waals surface area contributed by atoms with Crippen molar-refractivity contribution in [2.24, 2.45) is 4.99 Å². The number of benzene rings is 3. The first-order chi connectivity index (χ1) is 12.5. The summed E-state index contributed by atoms with van der Waals surface area (Å²) < 4.78 is 26.3. The molecule has 0 saturated heterocycles. The van der Waals surface area contributed by atoms with E-state index in [1.807, 2.05) is 38.1 Å². The first kappa shape index (κ1) is 17.9. The fourth-order valence-electron chi connectivity index (χ4n) is 2.68. The molecule has 0 aromatic heterocycles. The van der Waals surface area contributed by atoms with Crippen LogP contribution in [0.2, 0.25) is 0 Å². The van der Waals surface area contributed by atoms with Gasteiger partial charge in [-0.3, -0.25) is 0 Å². The molecule has 0 saturated carbocycles. The molecule has 26 heavy (non-hydrogen) atoms. The number of nitrogens with zero attached hydrogens (tertiary/aromatic N) is 1. The van der Waals surface area contributed by atoms with Crippen LogP contribution in [-0.4, -0.2) is 14.3 Å². The van der Waals surface area contributed by atoms with Crippen LogP contribution in [0.3, 0.4) is 0 Å². The molecule has 0 spiro atoms. The Labute approximate surface area is 154 Å². The minimum atomic E-state index is -3.74. The highest BCUT2D eigenvalue weighted by Crippen LogP contribution is 2.27. The summed E-state index contributed by atoms with van der Waals surface area (Å²) in [5.74, 6) is 2.83. The molecule has 3 nitrogen and oxygen atoms in total. The van der Waals surface area contributed by atoms with E-state index in [-0.39, 0.29) is 9.80 Å². The van der Waals surface area contributed by atoms with E-state index in [2.05, 4.69) is 10.9 Å². The topological polar surface area (TPSA) is 46.5 Å². The van der Waals surface area contributed by atoms with Crippen LogP contribution in [0.25, 0.3) is 4.91 Å². The summed E-state index contributed by atoms with van der Waals surface area (Å²) in [6, 6.07) is 23.2. The lowest BCUT2D eigenvalue weighted by molar-refractivity contribution is 0.606. The highest BCUT2D eigenvalue weighted by Gasteiger charge is 2.22. The monoisotopic (exact) mass is 361 g/mol. The van der Waals surface area contributed by atoms with Gasteiger partial charge in [-0.15, -0.1) is 0 Å². The number of rotatable bonds is 4. The minimum absolute atomic E-state index is 0.0620. The summed E-state index contributed by atoms with van der Waals surface area (Å²) in [4.78, 5) is 4.69. The van der Waals surface area contributed by atoms with Crippen LogP contribution in [0.5, 0.6) is 0 Å². The van der Waals surface area contributed by atoms with Crippen molar-refractivity contribution < 1.29 is 8.42 Å². The number of para-hydroxylation sites is 1. The SMILES string of the molecule is Cc1cccc(C)c1N=C=C(c1ccccc1)S(=O)(=O)c1ccccc1. The third-order valence-corrected chi connectivity index (χ3v) is 5.82. The Morgan fingerprint density at radius 3 is 1.88 bits per heavy atom. The average molecular weight is 361 g/mol. The zero-order chi connectivity index (χ0) is 18.6. The molecular weight excluding hydrogens is 342 g/mol. The Bertz CT molecular complexity index is 1060. The van der Waals surface area contributed by atoms with Crippen molar-refractivity contribution >= 4 is 26.3 Å². The van der Waals surface area contributed by atoms with Crippen molar-refractivity contribution in [1.29, 1.82) is 0 Å². The van der Waals surface area contributed by atoms with E-state index >= 15 is 0 Å². The first-order valence-electron chi connectivity index (χ1n) is 8.25. The first-order valence-corrected chi connectivity index (χ1v) is 9.74. The van der Waals surface area contributed by atoms with E-state index in [0.717, 1.165) is 16.8 Å². The third-order valence-electron chi connectivity index (χ3n) is 4.07. The van der Waals surface area contributed by atoms with Crippen molar-refractivity contribution in [2.45, 2.75) is 18.7 Å². The molecule has 3 rings (SSSR count). The standard InChI is InChI=1S/C22H19NO2S/c1-17-10-9-11-18(2)22(17)23-16-21(19-12-5-3-6-13-19)26(24,25)20-14-7-4-8-15-20/h3-15H,1-2H3. The highest BCUT2D eigenvalue weighted by atomic mass is 32.2. The van der Waals surface area contributed by atoms with Crippen molar-refractivity contribution in [3.63, 3.8) is 0 Å². The summed E-state index contributed by atoms with van der Waals surface area (Å²) in [5.41, 5.74) is 3.25. The Morgan fingerprint density at radius 2 is 1.31 bits per heavy atom. The van der Waals surface area contributed by atoms with Crippen LogP contribution in [0.4, 0.5) is 5.69 Å². The second-order valence-corrected chi connectivity index (χ2v) is 7.86. The number of aryl methyl sites for hydroxylation is 2. The number of sulfone groups is 1. The Hall–Kier alpha value is -2.94.